The fourth-order valence-corrected chi connectivity index (χ4v) is 2.55. The van der Waals surface area contributed by atoms with Gasteiger partial charge in [0.25, 0.3) is 0 Å². The minimum atomic E-state index is -0.584. The lowest BCUT2D eigenvalue weighted by Gasteiger charge is -2.28. The number of hydrogen-bond acceptors (Lipinski definition) is 9. The molecule has 0 saturated carbocycles. The van der Waals surface area contributed by atoms with Crippen molar-refractivity contribution in [3.05, 3.63) is 22.0 Å². The third-order valence-electron chi connectivity index (χ3n) is 4.80. The second-order valence-electron chi connectivity index (χ2n) is 7.68. The molecule has 0 bridgehead atoms. The summed E-state index contributed by atoms with van der Waals surface area (Å²) >= 11 is 0. The molecule has 0 radical (unpaired) electrons. The van der Waals surface area contributed by atoms with E-state index in [0.29, 0.717) is 43.0 Å². The van der Waals surface area contributed by atoms with Crippen LogP contribution in [0, 0.1) is 10.1 Å². The molecule has 1 aromatic heterocycles. The zero-order valence-corrected chi connectivity index (χ0v) is 17.1. The number of aromatic nitrogens is 2. The fraction of sp³-hybridized carbons (Fsp3) is 0.706. The molecular weight excluding hydrogens is 366 g/mol. The quantitative estimate of drug-likeness (QED) is 0.118. The minimum absolute atomic E-state index is 0.299. The molecule has 0 spiro atoms. The van der Waals surface area contributed by atoms with Crippen molar-refractivity contribution in [3.63, 3.8) is 0 Å². The molecule has 1 heterocycles. The Kier molecular flexibility index (Phi) is 8.51. The van der Waals surface area contributed by atoms with Crippen molar-refractivity contribution < 1.29 is 15.3 Å². The number of rotatable bonds is 12. The summed E-state index contributed by atoms with van der Waals surface area (Å²) in [6, 6.07) is 0. The van der Waals surface area contributed by atoms with Gasteiger partial charge in [0.15, 0.2) is 0 Å². The Hall–Kier alpha value is -2.53. The highest BCUT2D eigenvalue weighted by Gasteiger charge is 2.26. The van der Waals surface area contributed by atoms with E-state index in [2.05, 4.69) is 30.9 Å². The Morgan fingerprint density at radius 3 is 2.32 bits per heavy atom. The predicted molar refractivity (Wildman–Crippen MR) is 106 cm³/mol. The van der Waals surface area contributed by atoms with Crippen molar-refractivity contribution in [3.8, 4) is 0 Å². The first-order chi connectivity index (χ1) is 13.0. The molecular formula is C17H31N7O4. The summed E-state index contributed by atoms with van der Waals surface area (Å²) in [5.74, 6) is -0.299. The Morgan fingerprint density at radius 2 is 1.82 bits per heavy atom. The van der Waals surface area contributed by atoms with Gasteiger partial charge in [-0.05, 0) is 65.5 Å². The zero-order valence-electron chi connectivity index (χ0n) is 17.1. The van der Waals surface area contributed by atoms with Crippen LogP contribution in [0.25, 0.3) is 0 Å². The molecule has 28 heavy (non-hydrogen) atoms. The summed E-state index contributed by atoms with van der Waals surface area (Å²) < 4.78 is 0. The summed E-state index contributed by atoms with van der Waals surface area (Å²) in [5, 5.41) is 42.3. The lowest BCUT2D eigenvalue weighted by Crippen LogP contribution is -2.49. The first-order valence-corrected chi connectivity index (χ1v) is 9.12. The highest BCUT2D eigenvalue weighted by molar-refractivity contribution is 5.92. The molecule has 0 amide bonds. The van der Waals surface area contributed by atoms with E-state index in [9.17, 15) is 15.3 Å². The average molecular weight is 397 g/mol. The third kappa shape index (κ3) is 6.89. The van der Waals surface area contributed by atoms with E-state index < -0.39 is 16.0 Å². The summed E-state index contributed by atoms with van der Waals surface area (Å²) in [5.41, 5.74) is 0.819. The summed E-state index contributed by atoms with van der Waals surface area (Å²) in [4.78, 5) is 16.4. The van der Waals surface area contributed by atoms with Crippen LogP contribution < -0.4 is 10.6 Å². The van der Waals surface area contributed by atoms with Gasteiger partial charge in [-0.3, -0.25) is 0 Å². The molecule has 0 aliphatic heterocycles. The maximum Gasteiger partial charge on any atom is 0.432 e. The molecule has 0 saturated heterocycles. The summed E-state index contributed by atoms with van der Waals surface area (Å²) in [6.45, 7) is 10.9. The Labute approximate surface area is 164 Å². The van der Waals surface area contributed by atoms with Crippen LogP contribution >= 0.6 is 0 Å². The van der Waals surface area contributed by atoms with Gasteiger partial charge in [0.1, 0.15) is 11.9 Å². The van der Waals surface area contributed by atoms with E-state index in [-0.39, 0.29) is 5.95 Å². The molecule has 0 aliphatic rings. The van der Waals surface area contributed by atoms with Crippen LogP contribution in [0.1, 0.15) is 53.2 Å². The van der Waals surface area contributed by atoms with Crippen LogP contribution in [0.4, 0.5) is 5.95 Å². The molecule has 0 fully saturated rings. The van der Waals surface area contributed by atoms with E-state index in [4.69, 9.17) is 5.21 Å². The highest BCUT2D eigenvalue weighted by Crippen LogP contribution is 2.13. The first-order valence-electron chi connectivity index (χ1n) is 9.12. The van der Waals surface area contributed by atoms with Gasteiger partial charge >= 0.3 is 5.95 Å². The van der Waals surface area contributed by atoms with Gasteiger partial charge in [0, 0.05) is 6.42 Å². The van der Waals surface area contributed by atoms with Gasteiger partial charge in [0.05, 0.1) is 22.5 Å². The number of aromatic amines is 1. The molecule has 11 nitrogen and oxygen atoms in total. The Balaban J connectivity index is 2.47. The van der Waals surface area contributed by atoms with Crippen molar-refractivity contribution >= 4 is 17.4 Å². The number of nitrogens with one attached hydrogen (secondary N) is 3. The van der Waals surface area contributed by atoms with E-state index in [1.807, 2.05) is 27.7 Å². The molecule has 11 heteroatoms. The lowest BCUT2D eigenvalue weighted by atomic mass is 9.93. The molecule has 1 aromatic rings. The predicted octanol–water partition coefficient (Wildman–Crippen LogP) is 2.06. The maximum absolute atomic E-state index is 10.7. The van der Waals surface area contributed by atoms with Gasteiger partial charge in [0.2, 0.25) is 0 Å². The van der Waals surface area contributed by atoms with Crippen LogP contribution in [-0.4, -0.2) is 60.9 Å². The van der Waals surface area contributed by atoms with Gasteiger partial charge in [-0.2, -0.15) is 0 Å². The molecule has 0 unspecified atom stereocenters. The molecule has 1 rings (SSSR count). The second kappa shape index (κ2) is 10.1. The number of nitrogens with zero attached hydrogens (tertiary/aromatic N) is 4. The van der Waals surface area contributed by atoms with Crippen molar-refractivity contribution in [1.29, 1.82) is 0 Å². The highest BCUT2D eigenvalue weighted by atomic mass is 16.6. The monoisotopic (exact) mass is 397 g/mol. The normalized spacial score (nSPS) is 13.8. The summed E-state index contributed by atoms with van der Waals surface area (Å²) in [6.07, 6.45) is 3.10. The SMILES string of the molecule is CC(=NO)C(C)(C)NCCCNC(C)(C)C(CCc1cnc([N+](=O)[O-])[nH]1)=NO. The Morgan fingerprint density at radius 1 is 1.21 bits per heavy atom. The van der Waals surface area contributed by atoms with E-state index in [1.54, 1.807) is 6.92 Å². The van der Waals surface area contributed by atoms with Crippen molar-refractivity contribution in [2.45, 2.75) is 65.0 Å². The van der Waals surface area contributed by atoms with E-state index in [1.165, 1.54) is 6.20 Å². The van der Waals surface area contributed by atoms with Crippen molar-refractivity contribution in [2.75, 3.05) is 13.1 Å². The van der Waals surface area contributed by atoms with Crippen molar-refractivity contribution in [1.82, 2.24) is 20.6 Å². The smallest absolute Gasteiger partial charge is 0.411 e. The van der Waals surface area contributed by atoms with Crippen LogP contribution in [0.5, 0.6) is 0 Å². The molecule has 0 aromatic carbocycles. The van der Waals surface area contributed by atoms with Gasteiger partial charge in [-0.25, -0.2) is 4.98 Å². The molecule has 5 N–H and O–H groups in total. The van der Waals surface area contributed by atoms with Crippen LogP contribution in [0.15, 0.2) is 16.5 Å². The molecule has 158 valence electrons. The van der Waals surface area contributed by atoms with Gasteiger partial charge in [-0.1, -0.05) is 15.3 Å². The molecule has 0 aliphatic carbocycles. The number of oxime groups is 2. The standard InChI is InChI=1S/C17H31N7O4/c1-12(22-25)16(2,3)19-9-6-10-20-17(4,5)14(23-26)8-7-13-11-18-15(21-13)24(27)28/h11,19-20,25-26H,6-10H2,1-5H3,(H,18,21). The third-order valence-corrected chi connectivity index (χ3v) is 4.80. The number of imidazole rings is 1. The summed E-state index contributed by atoms with van der Waals surface area (Å²) in [7, 11) is 0. The number of nitro groups is 1. The van der Waals surface area contributed by atoms with Crippen LogP contribution in [0.2, 0.25) is 0 Å². The number of aryl methyl sites for hydroxylation is 1. The lowest BCUT2D eigenvalue weighted by molar-refractivity contribution is -0.393. The zero-order chi connectivity index (χ0) is 21.4. The van der Waals surface area contributed by atoms with E-state index in [0.717, 1.165) is 6.42 Å². The largest absolute Gasteiger partial charge is 0.432 e. The second-order valence-corrected chi connectivity index (χ2v) is 7.68. The fourth-order valence-electron chi connectivity index (χ4n) is 2.55. The first kappa shape index (κ1) is 23.5. The molecule has 0 atom stereocenters. The van der Waals surface area contributed by atoms with Crippen molar-refractivity contribution in [2.24, 2.45) is 10.3 Å². The van der Waals surface area contributed by atoms with Gasteiger partial charge in [-0.15, -0.1) is 0 Å². The van der Waals surface area contributed by atoms with Crippen LogP contribution in [-0.2, 0) is 6.42 Å². The van der Waals surface area contributed by atoms with E-state index >= 15 is 0 Å². The number of H-pyrrole nitrogens is 1. The Bertz CT molecular complexity index is 710. The average Bonchev–Trinajstić information content (AvgIpc) is 3.10. The maximum atomic E-state index is 10.7. The van der Waals surface area contributed by atoms with Crippen LogP contribution in [0.3, 0.4) is 0 Å². The topological polar surface area (TPSA) is 161 Å². The number of hydrogen-bond donors (Lipinski definition) is 5. The van der Waals surface area contributed by atoms with Gasteiger partial charge < -0.3 is 31.2 Å². The minimum Gasteiger partial charge on any atom is -0.411 e.